The summed E-state index contributed by atoms with van der Waals surface area (Å²) in [6, 6.07) is 3.64. The van der Waals surface area contributed by atoms with Gasteiger partial charge in [-0.05, 0) is 31.5 Å². The van der Waals surface area contributed by atoms with Crippen LogP contribution >= 0.6 is 0 Å². The van der Waals surface area contributed by atoms with Crippen LogP contribution in [0.1, 0.15) is 16.7 Å². The number of hydrogen-bond donors (Lipinski definition) is 0. The van der Waals surface area contributed by atoms with Crippen LogP contribution in [0.25, 0.3) is 0 Å². The Morgan fingerprint density at radius 2 is 1.93 bits per heavy atom. The number of carbonyl (C=O) groups excluding carboxylic acids is 1. The summed E-state index contributed by atoms with van der Waals surface area (Å²) in [5, 5.41) is 7.62. The zero-order valence-electron chi connectivity index (χ0n) is 8.26. The smallest absolute Gasteiger partial charge is 0.259 e. The lowest BCUT2D eigenvalue weighted by atomic mass is 10.1. The average Bonchev–Trinajstić information content (AvgIpc) is 2.10. The first-order chi connectivity index (χ1) is 6.50. The first kappa shape index (κ1) is 10.6. The predicted octanol–water partition coefficient (Wildman–Crippen LogP) is 1.55. The SMILES string of the molecule is [B]C(=O)OCc1cc(C)c([OH2+])c(C)c1. The molecule has 0 unspecified atom stereocenters. The van der Waals surface area contributed by atoms with Crippen molar-refractivity contribution in [1.82, 2.24) is 0 Å². The standard InChI is InChI=1S/C10H11BO3/c1-6-3-8(5-14-10(11)13)4-7(2)9(6)12/h3-4,12H,5H2,1-2H3/p+1. The molecule has 1 aromatic carbocycles. The van der Waals surface area contributed by atoms with Gasteiger partial charge in [0.05, 0.1) is 0 Å². The second-order valence-electron chi connectivity index (χ2n) is 3.21. The highest BCUT2D eigenvalue weighted by Crippen LogP contribution is 2.23. The van der Waals surface area contributed by atoms with Crippen LogP contribution in [-0.4, -0.2) is 18.8 Å². The highest BCUT2D eigenvalue weighted by molar-refractivity contribution is 6.55. The zero-order valence-corrected chi connectivity index (χ0v) is 8.26. The van der Waals surface area contributed by atoms with Crippen LogP contribution in [0.2, 0.25) is 0 Å². The van der Waals surface area contributed by atoms with E-state index in [-0.39, 0.29) is 6.61 Å². The molecule has 0 saturated carbocycles. The molecule has 2 radical (unpaired) electrons. The van der Waals surface area contributed by atoms with Crippen LogP contribution in [0.3, 0.4) is 0 Å². The van der Waals surface area contributed by atoms with Crippen molar-refractivity contribution in [3.8, 4) is 5.75 Å². The van der Waals surface area contributed by atoms with Crippen molar-refractivity contribution in [3.05, 3.63) is 28.8 Å². The monoisotopic (exact) mass is 191 g/mol. The predicted molar refractivity (Wildman–Crippen MR) is 54.9 cm³/mol. The normalized spacial score (nSPS) is 9.86. The largest absolute Gasteiger partial charge is 0.593 e. The Morgan fingerprint density at radius 1 is 1.43 bits per heavy atom. The summed E-state index contributed by atoms with van der Waals surface area (Å²) in [6.07, 6.45) is 0. The maximum Gasteiger partial charge on any atom is 0.259 e. The summed E-state index contributed by atoms with van der Waals surface area (Å²) in [7, 11) is 4.85. The highest BCUT2D eigenvalue weighted by Gasteiger charge is 2.07. The van der Waals surface area contributed by atoms with E-state index in [2.05, 4.69) is 4.74 Å². The lowest BCUT2D eigenvalue weighted by Gasteiger charge is -2.05. The minimum Gasteiger partial charge on any atom is -0.593 e. The number of aryl methyl sites for hydroxylation is 2. The van der Waals surface area contributed by atoms with Gasteiger partial charge in [0.25, 0.3) is 5.75 Å². The fraction of sp³-hybridized carbons (Fsp3) is 0.300. The van der Waals surface area contributed by atoms with E-state index in [1.807, 2.05) is 26.0 Å². The van der Waals surface area contributed by atoms with Gasteiger partial charge in [-0.1, -0.05) is 0 Å². The van der Waals surface area contributed by atoms with Crippen LogP contribution in [0.5, 0.6) is 5.75 Å². The quantitative estimate of drug-likeness (QED) is 0.525. The first-order valence-electron chi connectivity index (χ1n) is 4.24. The molecular formula is C10H12BO3+. The molecule has 1 rings (SSSR count). The molecule has 0 fully saturated rings. The molecular weight excluding hydrogens is 179 g/mol. The number of rotatable bonds is 2. The van der Waals surface area contributed by atoms with Gasteiger partial charge in [0.2, 0.25) is 13.7 Å². The van der Waals surface area contributed by atoms with Crippen molar-refractivity contribution in [3.63, 3.8) is 0 Å². The number of carbonyl (C=O) groups is 1. The van der Waals surface area contributed by atoms with Crippen LogP contribution in [-0.2, 0) is 11.3 Å². The molecule has 4 heteroatoms. The van der Waals surface area contributed by atoms with Crippen molar-refractivity contribution in [2.24, 2.45) is 0 Å². The summed E-state index contributed by atoms with van der Waals surface area (Å²) in [5.74, 6) is -0.261. The van der Waals surface area contributed by atoms with Gasteiger partial charge in [-0.3, -0.25) is 4.79 Å². The van der Waals surface area contributed by atoms with E-state index in [9.17, 15) is 4.79 Å². The van der Waals surface area contributed by atoms with Gasteiger partial charge in [-0.15, -0.1) is 0 Å². The maximum absolute atomic E-state index is 10.4. The lowest BCUT2D eigenvalue weighted by Crippen LogP contribution is -2.01. The number of ether oxygens (including phenoxy) is 1. The molecule has 0 aromatic heterocycles. The van der Waals surface area contributed by atoms with Gasteiger partial charge in [0.1, 0.15) is 6.61 Å². The molecule has 0 amide bonds. The highest BCUT2D eigenvalue weighted by atomic mass is 16.5. The van der Waals surface area contributed by atoms with Crippen molar-refractivity contribution in [2.45, 2.75) is 20.5 Å². The van der Waals surface area contributed by atoms with E-state index in [0.29, 0.717) is 5.75 Å². The van der Waals surface area contributed by atoms with Gasteiger partial charge in [-0.25, -0.2) is 0 Å². The fourth-order valence-corrected chi connectivity index (χ4v) is 1.29. The van der Waals surface area contributed by atoms with E-state index in [0.717, 1.165) is 16.7 Å². The van der Waals surface area contributed by atoms with E-state index in [1.54, 1.807) is 0 Å². The molecule has 72 valence electrons. The zero-order chi connectivity index (χ0) is 10.7. The fourth-order valence-electron chi connectivity index (χ4n) is 1.29. The van der Waals surface area contributed by atoms with E-state index < -0.39 is 5.87 Å². The third kappa shape index (κ3) is 2.52. The molecule has 0 aliphatic rings. The van der Waals surface area contributed by atoms with Gasteiger partial charge < -0.3 is 9.84 Å². The Bertz CT molecular complexity index is 337. The van der Waals surface area contributed by atoms with Gasteiger partial charge in [0.15, 0.2) is 0 Å². The Labute approximate surface area is 84.1 Å². The molecule has 0 aliphatic heterocycles. The van der Waals surface area contributed by atoms with Crippen LogP contribution in [0.4, 0.5) is 4.79 Å². The lowest BCUT2D eigenvalue weighted by molar-refractivity contribution is 0.167. The maximum atomic E-state index is 10.4. The van der Waals surface area contributed by atoms with Crippen molar-refractivity contribution in [2.75, 3.05) is 0 Å². The second-order valence-corrected chi connectivity index (χ2v) is 3.21. The van der Waals surface area contributed by atoms with Gasteiger partial charge >= 0.3 is 0 Å². The van der Waals surface area contributed by atoms with E-state index in [1.165, 1.54) is 0 Å². The van der Waals surface area contributed by atoms with Crippen molar-refractivity contribution in [1.29, 1.82) is 0 Å². The molecule has 3 nitrogen and oxygen atoms in total. The number of benzene rings is 1. The summed E-state index contributed by atoms with van der Waals surface area (Å²) in [4.78, 5) is 10.4. The minimum atomic E-state index is -0.782. The Kier molecular flexibility index (Phi) is 3.17. The molecule has 0 saturated heterocycles. The molecule has 1 aromatic rings. The summed E-state index contributed by atoms with van der Waals surface area (Å²) in [5.41, 5.74) is 2.59. The summed E-state index contributed by atoms with van der Waals surface area (Å²) < 4.78 is 4.66. The summed E-state index contributed by atoms with van der Waals surface area (Å²) in [6.45, 7) is 3.86. The molecule has 2 N–H and O–H groups in total. The molecule has 14 heavy (non-hydrogen) atoms. The van der Waals surface area contributed by atoms with Crippen LogP contribution in [0, 0.1) is 13.8 Å². The van der Waals surface area contributed by atoms with E-state index >= 15 is 0 Å². The van der Waals surface area contributed by atoms with Crippen LogP contribution < -0.4 is 0 Å². The molecule has 0 spiro atoms. The Morgan fingerprint density at radius 3 is 2.36 bits per heavy atom. The summed E-state index contributed by atoms with van der Waals surface area (Å²) >= 11 is 0. The Balaban J connectivity index is 2.84. The average molecular weight is 191 g/mol. The first-order valence-corrected chi connectivity index (χ1v) is 4.24. The Hall–Kier alpha value is -1.45. The third-order valence-electron chi connectivity index (χ3n) is 1.97. The van der Waals surface area contributed by atoms with Crippen molar-refractivity contribution < 1.29 is 14.6 Å². The third-order valence-corrected chi connectivity index (χ3v) is 1.97. The molecule has 0 atom stereocenters. The van der Waals surface area contributed by atoms with Gasteiger partial charge in [0, 0.05) is 11.1 Å². The van der Waals surface area contributed by atoms with E-state index in [4.69, 9.17) is 13.0 Å². The second kappa shape index (κ2) is 4.18. The number of hydrogen-bond acceptors (Lipinski definition) is 2. The van der Waals surface area contributed by atoms with Gasteiger partial charge in [-0.2, -0.15) is 0 Å². The topological polar surface area (TPSA) is 49.2 Å². The van der Waals surface area contributed by atoms with Crippen molar-refractivity contribution >= 4 is 13.7 Å². The minimum absolute atomic E-state index is 0.164. The molecule has 0 aliphatic carbocycles. The molecule has 0 bridgehead atoms. The van der Waals surface area contributed by atoms with Crippen LogP contribution in [0.15, 0.2) is 12.1 Å². The molecule has 0 heterocycles.